The second kappa shape index (κ2) is 7.18. The Labute approximate surface area is 125 Å². The standard InChI is InChI=1S/C17H23N3O/c1-4-8-18-16(12-20-10-5-9-19-17(20)21)15-7-6-13(2)14(3)11-15/h5-7,9-11,16,18H,4,8,12H2,1-3H3. The Morgan fingerprint density at radius 2 is 2.10 bits per heavy atom. The molecule has 1 N–H and O–H groups in total. The van der Waals surface area contributed by atoms with Crippen LogP contribution < -0.4 is 11.0 Å². The molecule has 0 aliphatic heterocycles. The van der Waals surface area contributed by atoms with Gasteiger partial charge < -0.3 is 5.32 Å². The first-order valence-electron chi connectivity index (χ1n) is 7.43. The van der Waals surface area contributed by atoms with Crippen molar-refractivity contribution < 1.29 is 0 Å². The van der Waals surface area contributed by atoms with Crippen molar-refractivity contribution in [1.82, 2.24) is 14.9 Å². The Morgan fingerprint density at radius 1 is 1.29 bits per heavy atom. The molecule has 0 fully saturated rings. The van der Waals surface area contributed by atoms with Crippen LogP contribution in [0.2, 0.25) is 0 Å². The van der Waals surface area contributed by atoms with Crippen LogP contribution in [-0.2, 0) is 6.54 Å². The molecule has 1 atom stereocenters. The maximum absolute atomic E-state index is 11.8. The first kappa shape index (κ1) is 15.4. The molecule has 4 heteroatoms. The summed E-state index contributed by atoms with van der Waals surface area (Å²) in [7, 11) is 0. The molecule has 0 radical (unpaired) electrons. The molecule has 0 aliphatic rings. The summed E-state index contributed by atoms with van der Waals surface area (Å²) in [6.07, 6.45) is 4.38. The number of rotatable bonds is 6. The first-order valence-corrected chi connectivity index (χ1v) is 7.43. The fourth-order valence-electron chi connectivity index (χ4n) is 2.31. The lowest BCUT2D eigenvalue weighted by Gasteiger charge is -2.21. The molecule has 0 saturated heterocycles. The van der Waals surface area contributed by atoms with Crippen molar-refractivity contribution in [2.45, 2.75) is 39.8 Å². The fourth-order valence-corrected chi connectivity index (χ4v) is 2.31. The minimum Gasteiger partial charge on any atom is -0.308 e. The van der Waals surface area contributed by atoms with Crippen molar-refractivity contribution in [3.05, 3.63) is 63.8 Å². The molecule has 1 heterocycles. The van der Waals surface area contributed by atoms with Gasteiger partial charge in [0.2, 0.25) is 0 Å². The average Bonchev–Trinajstić information content (AvgIpc) is 2.48. The van der Waals surface area contributed by atoms with Crippen molar-refractivity contribution in [3.8, 4) is 0 Å². The normalized spacial score (nSPS) is 12.3. The number of hydrogen-bond donors (Lipinski definition) is 1. The number of nitrogens with zero attached hydrogens (tertiary/aromatic N) is 2. The highest BCUT2D eigenvalue weighted by Crippen LogP contribution is 2.18. The molecule has 2 aromatic rings. The molecule has 0 spiro atoms. The number of aryl methyl sites for hydroxylation is 2. The summed E-state index contributed by atoms with van der Waals surface area (Å²) in [6.45, 7) is 7.88. The summed E-state index contributed by atoms with van der Waals surface area (Å²) >= 11 is 0. The molecule has 0 bridgehead atoms. The lowest BCUT2D eigenvalue weighted by atomic mass is 10.0. The Balaban J connectivity index is 2.27. The quantitative estimate of drug-likeness (QED) is 0.887. The maximum atomic E-state index is 11.8. The van der Waals surface area contributed by atoms with E-state index in [0.717, 1.165) is 13.0 Å². The molecule has 0 aliphatic carbocycles. The lowest BCUT2D eigenvalue weighted by molar-refractivity contribution is 0.451. The predicted octanol–water partition coefficient (Wildman–Crippen LogP) is 2.60. The first-order chi connectivity index (χ1) is 10.1. The number of hydrogen-bond acceptors (Lipinski definition) is 3. The third-order valence-electron chi connectivity index (χ3n) is 3.74. The zero-order valence-corrected chi connectivity index (χ0v) is 13.0. The summed E-state index contributed by atoms with van der Waals surface area (Å²) in [5.41, 5.74) is 3.56. The monoisotopic (exact) mass is 285 g/mol. The smallest absolute Gasteiger partial charge is 0.308 e. The van der Waals surface area contributed by atoms with Gasteiger partial charge in [-0.3, -0.25) is 4.57 Å². The van der Waals surface area contributed by atoms with Crippen molar-refractivity contribution in [2.24, 2.45) is 0 Å². The van der Waals surface area contributed by atoms with E-state index in [2.05, 4.69) is 49.3 Å². The van der Waals surface area contributed by atoms with Gasteiger partial charge in [-0.05, 0) is 49.6 Å². The van der Waals surface area contributed by atoms with E-state index in [-0.39, 0.29) is 11.7 Å². The number of nitrogens with one attached hydrogen (secondary N) is 1. The highest BCUT2D eigenvalue weighted by molar-refractivity contribution is 5.31. The second-order valence-corrected chi connectivity index (χ2v) is 5.41. The third-order valence-corrected chi connectivity index (χ3v) is 3.74. The van der Waals surface area contributed by atoms with Gasteiger partial charge in [0, 0.05) is 18.9 Å². The zero-order valence-electron chi connectivity index (χ0n) is 13.0. The van der Waals surface area contributed by atoms with Crippen LogP contribution in [-0.4, -0.2) is 16.1 Å². The Bertz CT molecular complexity index is 648. The molecule has 1 aromatic heterocycles. The number of aromatic nitrogens is 2. The van der Waals surface area contributed by atoms with E-state index >= 15 is 0 Å². The molecule has 112 valence electrons. The lowest BCUT2D eigenvalue weighted by Crippen LogP contribution is -2.31. The van der Waals surface area contributed by atoms with Crippen LogP contribution in [0.5, 0.6) is 0 Å². The van der Waals surface area contributed by atoms with Gasteiger partial charge >= 0.3 is 5.69 Å². The summed E-state index contributed by atoms with van der Waals surface area (Å²) in [6, 6.07) is 8.38. The topological polar surface area (TPSA) is 46.9 Å². The van der Waals surface area contributed by atoms with Crippen LogP contribution >= 0.6 is 0 Å². The largest absolute Gasteiger partial charge is 0.347 e. The predicted molar refractivity (Wildman–Crippen MR) is 85.4 cm³/mol. The molecular weight excluding hydrogens is 262 g/mol. The maximum Gasteiger partial charge on any atom is 0.347 e. The summed E-state index contributed by atoms with van der Waals surface area (Å²) in [5, 5.41) is 3.52. The summed E-state index contributed by atoms with van der Waals surface area (Å²) in [5.74, 6) is 0. The van der Waals surface area contributed by atoms with Crippen molar-refractivity contribution >= 4 is 0 Å². The van der Waals surface area contributed by atoms with Gasteiger partial charge in [-0.15, -0.1) is 0 Å². The van der Waals surface area contributed by atoms with Crippen LogP contribution in [0.4, 0.5) is 0 Å². The van der Waals surface area contributed by atoms with Gasteiger partial charge in [-0.1, -0.05) is 25.1 Å². The minimum atomic E-state index is -0.204. The van der Waals surface area contributed by atoms with Crippen LogP contribution in [0.3, 0.4) is 0 Å². The molecule has 4 nitrogen and oxygen atoms in total. The van der Waals surface area contributed by atoms with Crippen LogP contribution in [0.25, 0.3) is 0 Å². The molecule has 2 rings (SSSR count). The SMILES string of the molecule is CCCNC(Cn1cccnc1=O)c1ccc(C)c(C)c1. The van der Waals surface area contributed by atoms with Crippen LogP contribution in [0.1, 0.15) is 36.1 Å². The van der Waals surface area contributed by atoms with Crippen LogP contribution in [0, 0.1) is 13.8 Å². The highest BCUT2D eigenvalue weighted by Gasteiger charge is 2.13. The molecular formula is C17H23N3O. The molecule has 1 unspecified atom stereocenters. The van der Waals surface area contributed by atoms with E-state index in [9.17, 15) is 4.79 Å². The van der Waals surface area contributed by atoms with Gasteiger partial charge in [0.15, 0.2) is 0 Å². The Kier molecular flexibility index (Phi) is 5.28. The van der Waals surface area contributed by atoms with Crippen molar-refractivity contribution in [3.63, 3.8) is 0 Å². The van der Waals surface area contributed by atoms with Gasteiger partial charge in [0.05, 0.1) is 6.04 Å². The van der Waals surface area contributed by atoms with E-state index in [1.165, 1.54) is 22.9 Å². The van der Waals surface area contributed by atoms with E-state index in [0.29, 0.717) is 6.54 Å². The average molecular weight is 285 g/mol. The van der Waals surface area contributed by atoms with Crippen molar-refractivity contribution in [1.29, 1.82) is 0 Å². The van der Waals surface area contributed by atoms with E-state index in [1.807, 2.05) is 0 Å². The fraction of sp³-hybridized carbons (Fsp3) is 0.412. The summed E-state index contributed by atoms with van der Waals surface area (Å²) in [4.78, 5) is 15.6. The summed E-state index contributed by atoms with van der Waals surface area (Å²) < 4.78 is 1.66. The van der Waals surface area contributed by atoms with Gasteiger partial charge in [-0.25, -0.2) is 9.78 Å². The highest BCUT2D eigenvalue weighted by atomic mass is 16.1. The van der Waals surface area contributed by atoms with Gasteiger partial charge in [0.25, 0.3) is 0 Å². The Morgan fingerprint density at radius 3 is 2.76 bits per heavy atom. The third kappa shape index (κ3) is 4.02. The molecule has 1 aromatic carbocycles. The Hall–Kier alpha value is -1.94. The van der Waals surface area contributed by atoms with E-state index in [1.54, 1.807) is 16.8 Å². The zero-order chi connectivity index (χ0) is 15.2. The number of benzene rings is 1. The van der Waals surface area contributed by atoms with Gasteiger partial charge in [0.1, 0.15) is 0 Å². The van der Waals surface area contributed by atoms with E-state index < -0.39 is 0 Å². The molecule has 0 amide bonds. The van der Waals surface area contributed by atoms with Gasteiger partial charge in [-0.2, -0.15) is 0 Å². The molecule has 21 heavy (non-hydrogen) atoms. The molecule has 0 saturated carbocycles. The van der Waals surface area contributed by atoms with Crippen LogP contribution in [0.15, 0.2) is 41.5 Å². The van der Waals surface area contributed by atoms with E-state index in [4.69, 9.17) is 0 Å². The minimum absolute atomic E-state index is 0.117. The van der Waals surface area contributed by atoms with Crippen molar-refractivity contribution in [2.75, 3.05) is 6.54 Å². The second-order valence-electron chi connectivity index (χ2n) is 5.41.